The van der Waals surface area contributed by atoms with E-state index in [1.54, 1.807) is 6.20 Å². The van der Waals surface area contributed by atoms with E-state index in [2.05, 4.69) is 48.4 Å². The third-order valence-electron chi connectivity index (χ3n) is 3.69. The molecule has 1 unspecified atom stereocenters. The van der Waals surface area contributed by atoms with Gasteiger partial charge in [0.25, 0.3) is 0 Å². The SMILES string of the molecule is CNC(c1cncc(OC(C)C)c1)c1cccc(C)c1C. The quantitative estimate of drug-likeness (QED) is 0.907. The number of hydrogen-bond acceptors (Lipinski definition) is 3. The van der Waals surface area contributed by atoms with Crippen LogP contribution in [0.5, 0.6) is 5.75 Å². The van der Waals surface area contributed by atoms with E-state index in [1.165, 1.54) is 16.7 Å². The first-order chi connectivity index (χ1) is 10.0. The second-order valence-corrected chi connectivity index (χ2v) is 5.63. The van der Waals surface area contributed by atoms with Crippen molar-refractivity contribution in [3.8, 4) is 5.75 Å². The maximum absolute atomic E-state index is 5.75. The number of nitrogens with zero attached hydrogens (tertiary/aromatic N) is 1. The van der Waals surface area contributed by atoms with Gasteiger partial charge in [-0.15, -0.1) is 0 Å². The smallest absolute Gasteiger partial charge is 0.138 e. The van der Waals surface area contributed by atoms with E-state index in [9.17, 15) is 0 Å². The summed E-state index contributed by atoms with van der Waals surface area (Å²) in [6.07, 6.45) is 3.81. The zero-order valence-corrected chi connectivity index (χ0v) is 13.5. The summed E-state index contributed by atoms with van der Waals surface area (Å²) in [6.45, 7) is 8.35. The van der Waals surface area contributed by atoms with Crippen molar-refractivity contribution in [1.82, 2.24) is 10.3 Å². The van der Waals surface area contributed by atoms with Crippen LogP contribution in [0.25, 0.3) is 0 Å². The molecule has 1 heterocycles. The summed E-state index contributed by atoms with van der Waals surface area (Å²) in [5, 5.41) is 3.39. The van der Waals surface area contributed by atoms with E-state index in [4.69, 9.17) is 4.74 Å². The lowest BCUT2D eigenvalue weighted by Crippen LogP contribution is -2.19. The zero-order valence-electron chi connectivity index (χ0n) is 13.5. The lowest BCUT2D eigenvalue weighted by atomic mass is 9.93. The maximum Gasteiger partial charge on any atom is 0.138 e. The Hall–Kier alpha value is -1.87. The highest BCUT2D eigenvalue weighted by atomic mass is 16.5. The first-order valence-corrected chi connectivity index (χ1v) is 7.38. The third-order valence-corrected chi connectivity index (χ3v) is 3.69. The van der Waals surface area contributed by atoms with Crippen molar-refractivity contribution in [3.05, 3.63) is 58.9 Å². The molecule has 0 radical (unpaired) electrons. The molecule has 0 amide bonds. The van der Waals surface area contributed by atoms with Crippen LogP contribution in [0.15, 0.2) is 36.7 Å². The van der Waals surface area contributed by atoms with E-state index < -0.39 is 0 Å². The molecule has 1 atom stereocenters. The van der Waals surface area contributed by atoms with Crippen LogP contribution in [0.1, 0.15) is 42.1 Å². The first kappa shape index (κ1) is 15.5. The maximum atomic E-state index is 5.75. The molecule has 0 aliphatic rings. The van der Waals surface area contributed by atoms with Gasteiger partial charge in [-0.3, -0.25) is 4.98 Å². The van der Waals surface area contributed by atoms with Gasteiger partial charge in [-0.2, -0.15) is 0 Å². The number of pyridine rings is 1. The molecule has 0 saturated heterocycles. The normalized spacial score (nSPS) is 12.5. The topological polar surface area (TPSA) is 34.2 Å². The molecule has 3 nitrogen and oxygen atoms in total. The van der Waals surface area contributed by atoms with Crippen molar-refractivity contribution < 1.29 is 4.74 Å². The van der Waals surface area contributed by atoms with Crippen molar-refractivity contribution >= 4 is 0 Å². The van der Waals surface area contributed by atoms with Crippen LogP contribution >= 0.6 is 0 Å². The standard InChI is InChI=1S/C18H24N2O/c1-12(2)21-16-9-15(10-20-11-16)18(19-5)17-8-6-7-13(3)14(17)4/h6-12,18-19H,1-5H3. The Morgan fingerprint density at radius 1 is 1.14 bits per heavy atom. The molecule has 0 bridgehead atoms. The van der Waals surface area contributed by atoms with E-state index >= 15 is 0 Å². The number of aromatic nitrogens is 1. The number of rotatable bonds is 5. The van der Waals surface area contributed by atoms with Crippen molar-refractivity contribution in [2.24, 2.45) is 0 Å². The Morgan fingerprint density at radius 3 is 2.57 bits per heavy atom. The summed E-state index contributed by atoms with van der Waals surface area (Å²) in [5.41, 5.74) is 5.01. The zero-order chi connectivity index (χ0) is 15.4. The molecule has 0 spiro atoms. The largest absolute Gasteiger partial charge is 0.489 e. The average molecular weight is 284 g/mol. The van der Waals surface area contributed by atoms with Crippen molar-refractivity contribution in [2.75, 3.05) is 7.05 Å². The Bertz CT molecular complexity index is 608. The minimum Gasteiger partial charge on any atom is -0.489 e. The molecule has 1 aromatic carbocycles. The highest BCUT2D eigenvalue weighted by Crippen LogP contribution is 2.27. The molecule has 0 fully saturated rings. The number of benzene rings is 1. The number of nitrogens with one attached hydrogen (secondary N) is 1. The second kappa shape index (κ2) is 6.72. The van der Waals surface area contributed by atoms with Crippen LogP contribution in [0.3, 0.4) is 0 Å². The van der Waals surface area contributed by atoms with Gasteiger partial charge in [-0.25, -0.2) is 0 Å². The third kappa shape index (κ3) is 3.61. The fourth-order valence-corrected chi connectivity index (χ4v) is 2.52. The molecule has 0 aliphatic carbocycles. The van der Waals surface area contributed by atoms with E-state index in [-0.39, 0.29) is 12.1 Å². The lowest BCUT2D eigenvalue weighted by Gasteiger charge is -2.21. The van der Waals surface area contributed by atoms with Gasteiger partial charge in [0.15, 0.2) is 0 Å². The van der Waals surface area contributed by atoms with Crippen molar-refractivity contribution in [2.45, 2.75) is 39.8 Å². The fraction of sp³-hybridized carbons (Fsp3) is 0.389. The van der Waals surface area contributed by atoms with E-state index in [0.717, 1.165) is 11.3 Å². The van der Waals surface area contributed by atoms with Gasteiger partial charge in [0.2, 0.25) is 0 Å². The van der Waals surface area contributed by atoms with E-state index in [0.29, 0.717) is 0 Å². The Labute approximate surface area is 127 Å². The van der Waals surface area contributed by atoms with Crippen LogP contribution in [0, 0.1) is 13.8 Å². The summed E-state index contributed by atoms with van der Waals surface area (Å²) < 4.78 is 5.75. The summed E-state index contributed by atoms with van der Waals surface area (Å²) in [5.74, 6) is 0.813. The Morgan fingerprint density at radius 2 is 1.90 bits per heavy atom. The minimum absolute atomic E-state index is 0.119. The highest BCUT2D eigenvalue weighted by molar-refractivity contribution is 5.41. The Kier molecular flexibility index (Phi) is 4.97. The molecule has 2 aromatic rings. The minimum atomic E-state index is 0.119. The first-order valence-electron chi connectivity index (χ1n) is 7.38. The summed E-state index contributed by atoms with van der Waals surface area (Å²) in [6, 6.07) is 8.59. The van der Waals surface area contributed by atoms with Gasteiger partial charge >= 0.3 is 0 Å². The van der Waals surface area contributed by atoms with Gasteiger partial charge in [-0.05, 0) is 63.1 Å². The van der Waals surface area contributed by atoms with Gasteiger partial charge in [0, 0.05) is 6.20 Å². The number of ether oxygens (including phenoxy) is 1. The van der Waals surface area contributed by atoms with Crippen molar-refractivity contribution in [3.63, 3.8) is 0 Å². The van der Waals surface area contributed by atoms with Gasteiger partial charge in [0.1, 0.15) is 5.75 Å². The van der Waals surface area contributed by atoms with Crippen LogP contribution in [0.4, 0.5) is 0 Å². The van der Waals surface area contributed by atoms with Gasteiger partial charge < -0.3 is 10.1 Å². The molecule has 1 N–H and O–H groups in total. The van der Waals surface area contributed by atoms with Gasteiger partial charge in [0.05, 0.1) is 18.3 Å². The fourth-order valence-electron chi connectivity index (χ4n) is 2.52. The van der Waals surface area contributed by atoms with Crippen LogP contribution < -0.4 is 10.1 Å². The van der Waals surface area contributed by atoms with Crippen molar-refractivity contribution in [1.29, 1.82) is 0 Å². The summed E-state index contributed by atoms with van der Waals surface area (Å²) >= 11 is 0. The molecule has 1 aromatic heterocycles. The Balaban J connectivity index is 2.39. The monoisotopic (exact) mass is 284 g/mol. The predicted octanol–water partition coefficient (Wildman–Crippen LogP) is 3.79. The highest BCUT2D eigenvalue weighted by Gasteiger charge is 2.16. The molecule has 0 saturated carbocycles. The summed E-state index contributed by atoms with van der Waals surface area (Å²) in [4.78, 5) is 4.32. The molecule has 0 aliphatic heterocycles. The number of hydrogen-bond donors (Lipinski definition) is 1. The summed E-state index contributed by atoms with van der Waals surface area (Å²) in [7, 11) is 1.97. The van der Waals surface area contributed by atoms with Crippen LogP contribution in [0.2, 0.25) is 0 Å². The van der Waals surface area contributed by atoms with Crippen LogP contribution in [-0.4, -0.2) is 18.1 Å². The number of aryl methyl sites for hydroxylation is 1. The molecule has 21 heavy (non-hydrogen) atoms. The predicted molar refractivity (Wildman–Crippen MR) is 86.8 cm³/mol. The average Bonchev–Trinajstić information content (AvgIpc) is 2.44. The van der Waals surface area contributed by atoms with Crippen LogP contribution in [-0.2, 0) is 0 Å². The lowest BCUT2D eigenvalue weighted by molar-refractivity contribution is 0.241. The molecular formula is C18H24N2O. The molecule has 112 valence electrons. The molecular weight excluding hydrogens is 260 g/mol. The van der Waals surface area contributed by atoms with E-state index in [1.807, 2.05) is 27.1 Å². The molecule has 2 rings (SSSR count). The van der Waals surface area contributed by atoms with Gasteiger partial charge in [-0.1, -0.05) is 18.2 Å². The molecule has 3 heteroatoms. The second-order valence-electron chi connectivity index (χ2n) is 5.63.